The number of ether oxygens (including phenoxy) is 1. The van der Waals surface area contributed by atoms with Crippen LogP contribution in [0.2, 0.25) is 5.02 Å². The van der Waals surface area contributed by atoms with Crippen LogP contribution in [0.5, 0.6) is 5.75 Å². The number of hydrogen-bond donors (Lipinski definition) is 1. The van der Waals surface area contributed by atoms with E-state index in [-0.39, 0.29) is 0 Å². The lowest BCUT2D eigenvalue weighted by atomic mass is 9.97. The number of aromatic nitrogens is 2. The van der Waals surface area contributed by atoms with Crippen LogP contribution in [0.1, 0.15) is 34.7 Å². The van der Waals surface area contributed by atoms with Gasteiger partial charge in [0.2, 0.25) is 0 Å². The van der Waals surface area contributed by atoms with Gasteiger partial charge in [-0.15, -0.1) is 11.3 Å². The maximum Gasteiger partial charge on any atom is 0.143 e. The highest BCUT2D eigenvalue weighted by molar-refractivity contribution is 7.19. The smallest absolute Gasteiger partial charge is 0.143 e. The Kier molecular flexibility index (Phi) is 5.32. The molecule has 1 aliphatic carbocycles. The van der Waals surface area contributed by atoms with Crippen molar-refractivity contribution in [1.82, 2.24) is 9.97 Å². The molecule has 0 spiro atoms. The van der Waals surface area contributed by atoms with Crippen molar-refractivity contribution in [3.63, 3.8) is 0 Å². The van der Waals surface area contributed by atoms with E-state index < -0.39 is 0 Å². The Balaban J connectivity index is 1.60. The summed E-state index contributed by atoms with van der Waals surface area (Å²) >= 11 is 8.17. The predicted octanol–water partition coefficient (Wildman–Crippen LogP) is 6.57. The fourth-order valence-electron chi connectivity index (χ4n) is 4.03. The van der Waals surface area contributed by atoms with E-state index in [1.807, 2.05) is 35.6 Å². The van der Waals surface area contributed by atoms with Gasteiger partial charge in [0, 0.05) is 17.0 Å². The molecule has 0 saturated carbocycles. The summed E-state index contributed by atoms with van der Waals surface area (Å²) in [5.74, 6) is 2.36. The van der Waals surface area contributed by atoms with Gasteiger partial charge in [-0.2, -0.15) is 0 Å². The van der Waals surface area contributed by atoms with Crippen molar-refractivity contribution in [3.8, 4) is 5.75 Å². The second-order valence-electron chi connectivity index (χ2n) is 7.52. The summed E-state index contributed by atoms with van der Waals surface area (Å²) in [6, 6.07) is 16.1. The maximum atomic E-state index is 6.35. The molecule has 1 N–H and O–H groups in total. The fourth-order valence-corrected chi connectivity index (χ4v) is 5.57. The molecule has 0 saturated heterocycles. The van der Waals surface area contributed by atoms with E-state index in [0.717, 1.165) is 35.0 Å². The van der Waals surface area contributed by atoms with Gasteiger partial charge < -0.3 is 10.1 Å². The lowest BCUT2D eigenvalue weighted by molar-refractivity contribution is 0.415. The van der Waals surface area contributed by atoms with Crippen molar-refractivity contribution in [1.29, 1.82) is 0 Å². The number of fused-ring (bicyclic) bond motifs is 3. The number of methoxy groups -OCH3 is 1. The Morgan fingerprint density at radius 3 is 2.70 bits per heavy atom. The third-order valence-electron chi connectivity index (χ3n) is 5.48. The highest BCUT2D eigenvalue weighted by Gasteiger charge is 2.21. The quantitative estimate of drug-likeness (QED) is 0.385. The van der Waals surface area contributed by atoms with Gasteiger partial charge >= 0.3 is 0 Å². The molecular weight excluding hydrogens is 414 g/mol. The normalized spacial score (nSPS) is 13.3. The summed E-state index contributed by atoms with van der Waals surface area (Å²) in [5.41, 5.74) is 3.51. The summed E-state index contributed by atoms with van der Waals surface area (Å²) in [6.07, 6.45) is 5.41. The Morgan fingerprint density at radius 2 is 1.90 bits per heavy atom. The fraction of sp³-hybridized carbons (Fsp3) is 0.250. The van der Waals surface area contributed by atoms with Gasteiger partial charge in [0.1, 0.15) is 22.2 Å². The summed E-state index contributed by atoms with van der Waals surface area (Å²) in [4.78, 5) is 12.4. The first-order valence-corrected chi connectivity index (χ1v) is 11.4. The third-order valence-corrected chi connectivity index (χ3v) is 6.96. The molecule has 5 rings (SSSR count). The standard InChI is InChI=1S/C24H22ClN3OS/c1-29-19-12-11-16(14-18(19)25)26-23-22-17-9-5-6-10-20(17)30-24(22)28-21(27-23)13-15-7-3-2-4-8-15/h2-4,7-8,11-12,14H,5-6,9-10,13H2,1H3,(H,26,27,28). The Morgan fingerprint density at radius 1 is 1.07 bits per heavy atom. The maximum absolute atomic E-state index is 6.35. The Hall–Kier alpha value is -2.63. The van der Waals surface area contributed by atoms with Crippen molar-refractivity contribution in [3.05, 3.63) is 75.4 Å². The summed E-state index contributed by atoms with van der Waals surface area (Å²) in [6.45, 7) is 0. The van der Waals surface area contributed by atoms with Crippen molar-refractivity contribution < 1.29 is 4.74 Å². The van der Waals surface area contributed by atoms with Crippen LogP contribution in [0.15, 0.2) is 48.5 Å². The average molecular weight is 436 g/mol. The van der Waals surface area contributed by atoms with Crippen LogP contribution in [0.25, 0.3) is 10.2 Å². The molecule has 152 valence electrons. The van der Waals surface area contributed by atoms with Gasteiger partial charge in [0.15, 0.2) is 0 Å². The number of hydrogen-bond acceptors (Lipinski definition) is 5. The first-order chi connectivity index (χ1) is 14.7. The molecule has 30 heavy (non-hydrogen) atoms. The molecule has 2 aromatic carbocycles. The van der Waals surface area contributed by atoms with E-state index in [0.29, 0.717) is 17.2 Å². The molecule has 0 bridgehead atoms. The second kappa shape index (κ2) is 8.25. The molecule has 0 amide bonds. The van der Waals surface area contributed by atoms with E-state index in [4.69, 9.17) is 26.3 Å². The van der Waals surface area contributed by atoms with Crippen LogP contribution in [0.3, 0.4) is 0 Å². The van der Waals surface area contributed by atoms with Gasteiger partial charge in [0.05, 0.1) is 17.5 Å². The average Bonchev–Trinajstić information content (AvgIpc) is 3.13. The number of halogens is 1. The SMILES string of the molecule is COc1ccc(Nc2nc(Cc3ccccc3)nc3sc4c(c23)CCCC4)cc1Cl. The number of benzene rings is 2. The first kappa shape index (κ1) is 19.3. The number of nitrogens with one attached hydrogen (secondary N) is 1. The van der Waals surface area contributed by atoms with Gasteiger partial charge in [-0.1, -0.05) is 41.9 Å². The molecule has 0 unspecified atom stereocenters. The number of rotatable bonds is 5. The van der Waals surface area contributed by atoms with Crippen molar-refractivity contribution in [2.24, 2.45) is 0 Å². The molecule has 2 heterocycles. The molecule has 0 atom stereocenters. The van der Waals surface area contributed by atoms with Crippen molar-refractivity contribution >= 4 is 44.7 Å². The van der Waals surface area contributed by atoms with Gasteiger partial charge in [-0.05, 0) is 55.0 Å². The lowest BCUT2D eigenvalue weighted by Crippen LogP contribution is -2.04. The summed E-state index contributed by atoms with van der Waals surface area (Å²) in [5, 5.41) is 5.26. The van der Waals surface area contributed by atoms with Crippen molar-refractivity contribution in [2.45, 2.75) is 32.1 Å². The van der Waals surface area contributed by atoms with Crippen LogP contribution < -0.4 is 10.1 Å². The van der Waals surface area contributed by atoms with Gasteiger partial charge in [0.25, 0.3) is 0 Å². The number of aryl methyl sites for hydroxylation is 2. The van der Waals surface area contributed by atoms with Crippen LogP contribution in [0.4, 0.5) is 11.5 Å². The highest BCUT2D eigenvalue weighted by Crippen LogP contribution is 2.40. The van der Waals surface area contributed by atoms with Crippen LogP contribution in [-0.2, 0) is 19.3 Å². The van der Waals surface area contributed by atoms with Crippen LogP contribution in [0, 0.1) is 0 Å². The molecular formula is C24H22ClN3OS. The third kappa shape index (κ3) is 3.75. The monoisotopic (exact) mass is 435 g/mol. The van der Waals surface area contributed by atoms with E-state index in [1.54, 1.807) is 7.11 Å². The lowest BCUT2D eigenvalue weighted by Gasteiger charge is -2.14. The topological polar surface area (TPSA) is 47.0 Å². The first-order valence-electron chi connectivity index (χ1n) is 10.2. The minimum Gasteiger partial charge on any atom is -0.495 e. The minimum atomic E-state index is 0.574. The van der Waals surface area contributed by atoms with E-state index in [9.17, 15) is 0 Å². The molecule has 2 aromatic heterocycles. The molecule has 0 radical (unpaired) electrons. The summed E-state index contributed by atoms with van der Waals surface area (Å²) in [7, 11) is 1.62. The molecule has 0 fully saturated rings. The zero-order valence-electron chi connectivity index (χ0n) is 16.7. The minimum absolute atomic E-state index is 0.574. The van der Waals surface area contributed by atoms with Gasteiger partial charge in [-0.25, -0.2) is 9.97 Å². The van der Waals surface area contributed by atoms with Crippen LogP contribution in [-0.4, -0.2) is 17.1 Å². The molecule has 4 nitrogen and oxygen atoms in total. The second-order valence-corrected chi connectivity index (χ2v) is 9.01. The summed E-state index contributed by atoms with van der Waals surface area (Å²) < 4.78 is 5.28. The zero-order chi connectivity index (χ0) is 20.5. The van der Waals surface area contributed by atoms with Crippen LogP contribution >= 0.6 is 22.9 Å². The molecule has 1 aliphatic rings. The zero-order valence-corrected chi connectivity index (χ0v) is 18.3. The van der Waals surface area contributed by atoms with E-state index >= 15 is 0 Å². The number of thiophene rings is 1. The molecule has 0 aliphatic heterocycles. The number of nitrogens with zero attached hydrogens (tertiary/aromatic N) is 2. The van der Waals surface area contributed by atoms with E-state index in [1.165, 1.54) is 34.2 Å². The molecule has 6 heteroatoms. The largest absolute Gasteiger partial charge is 0.495 e. The van der Waals surface area contributed by atoms with Crippen molar-refractivity contribution in [2.75, 3.05) is 12.4 Å². The molecule has 4 aromatic rings. The Labute approximate surface area is 184 Å². The van der Waals surface area contributed by atoms with Gasteiger partial charge in [-0.3, -0.25) is 0 Å². The van der Waals surface area contributed by atoms with E-state index in [2.05, 4.69) is 29.6 Å². The highest BCUT2D eigenvalue weighted by atomic mass is 35.5. The Bertz CT molecular complexity index is 1210. The predicted molar refractivity (Wildman–Crippen MR) is 125 cm³/mol. The number of anilines is 2.